The lowest BCUT2D eigenvalue weighted by atomic mass is 10.2. The van der Waals surface area contributed by atoms with Crippen LogP contribution in [0.1, 0.15) is 5.76 Å². The van der Waals surface area contributed by atoms with Gasteiger partial charge in [-0.1, -0.05) is 27.7 Å². The molecule has 0 saturated heterocycles. The molecule has 1 N–H and O–H groups in total. The van der Waals surface area contributed by atoms with Gasteiger partial charge in [0.15, 0.2) is 11.0 Å². The molecule has 0 fully saturated rings. The van der Waals surface area contributed by atoms with Crippen molar-refractivity contribution in [3.63, 3.8) is 0 Å². The van der Waals surface area contributed by atoms with Gasteiger partial charge >= 0.3 is 0 Å². The number of hydrogen-bond acceptors (Lipinski definition) is 6. The van der Waals surface area contributed by atoms with Crippen molar-refractivity contribution >= 4 is 71.1 Å². The van der Waals surface area contributed by atoms with Crippen LogP contribution < -0.4 is 5.32 Å². The summed E-state index contributed by atoms with van der Waals surface area (Å²) in [7, 11) is 0. The van der Waals surface area contributed by atoms with Gasteiger partial charge < -0.3 is 9.73 Å². The predicted octanol–water partition coefficient (Wildman–Crippen LogP) is 6.00. The molecule has 0 aliphatic rings. The molecule has 0 radical (unpaired) electrons. The van der Waals surface area contributed by atoms with E-state index in [1.165, 1.54) is 11.8 Å². The van der Waals surface area contributed by atoms with Crippen LogP contribution in [0.15, 0.2) is 78.0 Å². The standard InChI is InChI=1S/C20H14Br3N5O2S/c21-13-8-15(22)18(16(23)9-13)25-17(29)11-31-20-27-26-19(12-3-5-24-6-4-12)28(20)10-14-2-1-7-30-14/h1-9H,10-11H2,(H,25,29). The SMILES string of the molecule is O=C(CSc1nnc(-c2ccncc2)n1Cc1ccco1)Nc1c(Br)cc(Br)cc1Br. The minimum absolute atomic E-state index is 0.160. The van der Waals surface area contributed by atoms with Crippen LogP contribution in [0.5, 0.6) is 0 Å². The molecule has 4 aromatic rings. The van der Waals surface area contributed by atoms with Crippen molar-refractivity contribution in [1.82, 2.24) is 19.7 Å². The fourth-order valence-electron chi connectivity index (χ4n) is 2.78. The minimum Gasteiger partial charge on any atom is -0.467 e. The first-order valence-corrected chi connectivity index (χ1v) is 12.3. The zero-order chi connectivity index (χ0) is 21.8. The van der Waals surface area contributed by atoms with Crippen LogP contribution in [0.3, 0.4) is 0 Å². The maximum Gasteiger partial charge on any atom is 0.234 e. The maximum atomic E-state index is 12.6. The lowest BCUT2D eigenvalue weighted by molar-refractivity contribution is -0.113. The van der Waals surface area contributed by atoms with Crippen molar-refractivity contribution in [2.45, 2.75) is 11.7 Å². The van der Waals surface area contributed by atoms with Gasteiger partial charge in [-0.05, 0) is 68.3 Å². The molecule has 3 heterocycles. The second kappa shape index (κ2) is 10.1. The molecule has 3 aromatic heterocycles. The first-order valence-electron chi connectivity index (χ1n) is 8.94. The van der Waals surface area contributed by atoms with E-state index < -0.39 is 0 Å². The van der Waals surface area contributed by atoms with Gasteiger partial charge in [-0.15, -0.1) is 10.2 Å². The molecule has 0 atom stereocenters. The van der Waals surface area contributed by atoms with Gasteiger partial charge in [0.2, 0.25) is 5.91 Å². The van der Waals surface area contributed by atoms with Crippen molar-refractivity contribution in [2.75, 3.05) is 11.1 Å². The third-order valence-electron chi connectivity index (χ3n) is 4.15. The second-order valence-corrected chi connectivity index (χ2v) is 9.86. The number of furan rings is 1. The van der Waals surface area contributed by atoms with Crippen molar-refractivity contribution in [1.29, 1.82) is 0 Å². The van der Waals surface area contributed by atoms with Crippen LogP contribution in [0, 0.1) is 0 Å². The molecule has 0 saturated carbocycles. The Bertz CT molecular complexity index is 1180. The number of rotatable bonds is 7. The van der Waals surface area contributed by atoms with E-state index in [1.807, 2.05) is 41.0 Å². The molecule has 0 bridgehead atoms. The van der Waals surface area contributed by atoms with E-state index in [1.54, 1.807) is 18.7 Å². The number of halogens is 3. The first kappa shape index (κ1) is 22.3. The summed E-state index contributed by atoms with van der Waals surface area (Å²) in [6.07, 6.45) is 5.03. The number of carbonyl (C=O) groups is 1. The number of thioether (sulfide) groups is 1. The topological polar surface area (TPSA) is 85.8 Å². The number of anilines is 1. The van der Waals surface area contributed by atoms with E-state index in [-0.39, 0.29) is 11.7 Å². The molecule has 11 heteroatoms. The Morgan fingerprint density at radius 3 is 2.52 bits per heavy atom. The smallest absolute Gasteiger partial charge is 0.234 e. The zero-order valence-electron chi connectivity index (χ0n) is 15.8. The summed E-state index contributed by atoms with van der Waals surface area (Å²) >= 11 is 11.7. The number of pyridine rings is 1. The average Bonchev–Trinajstić information content (AvgIpc) is 3.40. The highest BCUT2D eigenvalue weighted by atomic mass is 79.9. The van der Waals surface area contributed by atoms with E-state index in [0.29, 0.717) is 23.2 Å². The summed E-state index contributed by atoms with van der Waals surface area (Å²) in [6.45, 7) is 0.450. The van der Waals surface area contributed by atoms with Crippen molar-refractivity contribution in [2.24, 2.45) is 0 Å². The lowest BCUT2D eigenvalue weighted by Gasteiger charge is -2.11. The molecular formula is C20H14Br3N5O2S. The number of amides is 1. The molecule has 1 aromatic carbocycles. The Hall–Kier alpha value is -1.95. The zero-order valence-corrected chi connectivity index (χ0v) is 21.3. The van der Waals surface area contributed by atoms with Crippen LogP contribution in [0.2, 0.25) is 0 Å². The minimum atomic E-state index is -0.160. The Labute approximate surface area is 207 Å². The fraction of sp³-hybridized carbons (Fsp3) is 0.100. The van der Waals surface area contributed by atoms with Gasteiger partial charge in [0.05, 0.1) is 24.2 Å². The summed E-state index contributed by atoms with van der Waals surface area (Å²) < 4.78 is 9.87. The quantitative estimate of drug-likeness (QED) is 0.253. The second-order valence-electron chi connectivity index (χ2n) is 6.29. The highest BCUT2D eigenvalue weighted by Crippen LogP contribution is 2.34. The van der Waals surface area contributed by atoms with Gasteiger partial charge in [0, 0.05) is 31.4 Å². The first-order chi connectivity index (χ1) is 15.0. The summed E-state index contributed by atoms with van der Waals surface area (Å²) in [5.74, 6) is 1.46. The van der Waals surface area contributed by atoms with Gasteiger partial charge in [-0.25, -0.2) is 0 Å². The van der Waals surface area contributed by atoms with Crippen LogP contribution >= 0.6 is 59.6 Å². The number of benzene rings is 1. The molecule has 7 nitrogen and oxygen atoms in total. The molecule has 4 rings (SSSR count). The Balaban J connectivity index is 1.53. The van der Waals surface area contributed by atoms with Crippen LogP contribution in [0.25, 0.3) is 11.4 Å². The van der Waals surface area contributed by atoms with Crippen molar-refractivity contribution in [3.8, 4) is 11.4 Å². The van der Waals surface area contributed by atoms with Crippen LogP contribution in [0.4, 0.5) is 5.69 Å². The van der Waals surface area contributed by atoms with E-state index in [0.717, 1.165) is 24.7 Å². The molecule has 0 unspecified atom stereocenters. The van der Waals surface area contributed by atoms with Crippen molar-refractivity contribution < 1.29 is 9.21 Å². The predicted molar refractivity (Wildman–Crippen MR) is 130 cm³/mol. The number of hydrogen-bond donors (Lipinski definition) is 1. The Kier molecular flexibility index (Phi) is 7.26. The molecule has 31 heavy (non-hydrogen) atoms. The van der Waals surface area contributed by atoms with Gasteiger partial charge in [0.1, 0.15) is 5.76 Å². The van der Waals surface area contributed by atoms with Gasteiger partial charge in [-0.2, -0.15) is 0 Å². The van der Waals surface area contributed by atoms with Gasteiger partial charge in [0.25, 0.3) is 0 Å². The summed E-state index contributed by atoms with van der Waals surface area (Å²) in [5, 5.41) is 12.2. The van der Waals surface area contributed by atoms with E-state index in [2.05, 4.69) is 68.3 Å². The summed E-state index contributed by atoms with van der Waals surface area (Å²) in [4.78, 5) is 16.7. The summed E-state index contributed by atoms with van der Waals surface area (Å²) in [6, 6.07) is 11.2. The van der Waals surface area contributed by atoms with Crippen molar-refractivity contribution in [3.05, 3.63) is 74.2 Å². The third kappa shape index (κ3) is 5.46. The van der Waals surface area contributed by atoms with Gasteiger partial charge in [-0.3, -0.25) is 14.3 Å². The summed E-state index contributed by atoms with van der Waals surface area (Å²) in [5.41, 5.74) is 1.55. The maximum absolute atomic E-state index is 12.6. The number of carbonyl (C=O) groups excluding carboxylic acids is 1. The molecule has 0 aliphatic carbocycles. The largest absolute Gasteiger partial charge is 0.467 e. The fourth-order valence-corrected chi connectivity index (χ4v) is 5.97. The normalized spacial score (nSPS) is 10.9. The Morgan fingerprint density at radius 2 is 1.84 bits per heavy atom. The highest BCUT2D eigenvalue weighted by molar-refractivity contribution is 9.11. The molecular weight excluding hydrogens is 614 g/mol. The highest BCUT2D eigenvalue weighted by Gasteiger charge is 2.18. The molecule has 0 aliphatic heterocycles. The average molecular weight is 628 g/mol. The number of aromatic nitrogens is 4. The molecule has 0 spiro atoms. The molecule has 158 valence electrons. The van der Waals surface area contributed by atoms with E-state index >= 15 is 0 Å². The lowest BCUT2D eigenvalue weighted by Crippen LogP contribution is -2.15. The van der Waals surface area contributed by atoms with Crippen LogP contribution in [-0.4, -0.2) is 31.4 Å². The third-order valence-corrected chi connectivity index (χ3v) is 6.83. The van der Waals surface area contributed by atoms with E-state index in [9.17, 15) is 4.79 Å². The van der Waals surface area contributed by atoms with E-state index in [4.69, 9.17) is 4.42 Å². The Morgan fingerprint density at radius 1 is 1.10 bits per heavy atom. The monoisotopic (exact) mass is 625 g/mol. The van der Waals surface area contributed by atoms with Crippen LogP contribution in [-0.2, 0) is 11.3 Å². The number of nitrogens with one attached hydrogen (secondary N) is 1. The number of nitrogens with zero attached hydrogens (tertiary/aromatic N) is 4. The molecule has 1 amide bonds.